The topological polar surface area (TPSA) is 84.6 Å². The fourth-order valence-electron chi connectivity index (χ4n) is 5.47. The minimum absolute atomic E-state index is 0.0757. The van der Waals surface area contributed by atoms with Crippen LogP contribution in [0.4, 0.5) is 11.6 Å². The normalized spacial score (nSPS) is 22.3. The lowest BCUT2D eigenvalue weighted by Crippen LogP contribution is -2.41. The van der Waals surface area contributed by atoms with Crippen molar-refractivity contribution in [2.24, 2.45) is 5.92 Å². The lowest BCUT2D eigenvalue weighted by molar-refractivity contribution is -0.117. The number of nitrogens with two attached hydrogens (primary N) is 1. The summed E-state index contributed by atoms with van der Waals surface area (Å²) < 4.78 is 5.65. The number of nitrogen functional groups attached to an aromatic ring is 1. The summed E-state index contributed by atoms with van der Waals surface area (Å²) in [5, 5.41) is 0. The molecule has 2 aliphatic heterocycles. The van der Waals surface area contributed by atoms with Crippen LogP contribution in [0.3, 0.4) is 0 Å². The minimum atomic E-state index is 0.0757. The highest BCUT2D eigenvalue weighted by Gasteiger charge is 2.32. The van der Waals surface area contributed by atoms with E-state index >= 15 is 0 Å². The number of anilines is 2. The van der Waals surface area contributed by atoms with Gasteiger partial charge < -0.3 is 15.4 Å². The SMILES string of the molecule is CCCCOc1nc(N)c2c(n1)N(CCCCC1CCCN(C3CCCC3)C1)C(=O)C2. The number of carbonyl (C=O) groups is 1. The van der Waals surface area contributed by atoms with Gasteiger partial charge in [0.1, 0.15) is 11.6 Å². The van der Waals surface area contributed by atoms with Gasteiger partial charge >= 0.3 is 6.01 Å². The third-order valence-electron chi connectivity index (χ3n) is 7.25. The molecule has 1 saturated heterocycles. The van der Waals surface area contributed by atoms with Crippen LogP contribution in [0.5, 0.6) is 6.01 Å². The second-order valence-electron chi connectivity index (χ2n) is 9.56. The Kier molecular flexibility index (Phi) is 7.64. The zero-order chi connectivity index (χ0) is 21.6. The summed E-state index contributed by atoms with van der Waals surface area (Å²) in [7, 11) is 0. The van der Waals surface area contributed by atoms with Crippen molar-refractivity contribution in [2.45, 2.75) is 90.0 Å². The second kappa shape index (κ2) is 10.6. The summed E-state index contributed by atoms with van der Waals surface area (Å²) in [4.78, 5) is 25.9. The Hall–Kier alpha value is -1.89. The van der Waals surface area contributed by atoms with Crippen molar-refractivity contribution in [3.05, 3.63) is 5.56 Å². The molecule has 7 heteroatoms. The first-order valence-electron chi connectivity index (χ1n) is 12.5. The molecule has 1 aromatic rings. The standard InChI is InChI=1S/C24H39N5O2/c1-2-3-15-31-24-26-22(25)20-16-21(30)29(23(20)27-24)14-7-6-9-18-10-8-13-28(17-18)19-11-4-5-12-19/h18-19H,2-17H2,1H3,(H2,25,26,27). The maximum atomic E-state index is 12.6. The number of carbonyl (C=O) groups excluding carboxylic acids is 1. The van der Waals surface area contributed by atoms with Gasteiger partial charge in [0, 0.05) is 24.7 Å². The summed E-state index contributed by atoms with van der Waals surface area (Å²) >= 11 is 0. The molecular weight excluding hydrogens is 390 g/mol. The molecule has 7 nitrogen and oxygen atoms in total. The Morgan fingerprint density at radius 3 is 2.74 bits per heavy atom. The molecule has 31 heavy (non-hydrogen) atoms. The van der Waals surface area contributed by atoms with E-state index < -0.39 is 0 Å². The van der Waals surface area contributed by atoms with Crippen LogP contribution in [-0.4, -0.2) is 53.1 Å². The monoisotopic (exact) mass is 429 g/mol. The van der Waals surface area contributed by atoms with Gasteiger partial charge in [-0.25, -0.2) is 0 Å². The van der Waals surface area contributed by atoms with Gasteiger partial charge in [-0.2, -0.15) is 9.97 Å². The van der Waals surface area contributed by atoms with E-state index in [0.29, 0.717) is 37.2 Å². The molecule has 0 aromatic carbocycles. The lowest BCUT2D eigenvalue weighted by atomic mass is 9.91. The number of ether oxygens (including phenoxy) is 1. The zero-order valence-electron chi connectivity index (χ0n) is 19.2. The molecule has 4 rings (SSSR count). The average molecular weight is 430 g/mol. The number of unbranched alkanes of at least 4 members (excludes halogenated alkanes) is 2. The Labute approximate surface area is 186 Å². The average Bonchev–Trinajstić information content (AvgIpc) is 3.41. The fourth-order valence-corrected chi connectivity index (χ4v) is 5.47. The molecular formula is C24H39N5O2. The smallest absolute Gasteiger partial charge is 0.320 e. The molecule has 1 unspecified atom stereocenters. The second-order valence-corrected chi connectivity index (χ2v) is 9.56. The minimum Gasteiger partial charge on any atom is -0.463 e. The highest BCUT2D eigenvalue weighted by Crippen LogP contribution is 2.33. The van der Waals surface area contributed by atoms with Crippen LogP contribution in [0, 0.1) is 5.92 Å². The number of rotatable bonds is 10. The van der Waals surface area contributed by atoms with Gasteiger partial charge in [0.25, 0.3) is 0 Å². The van der Waals surface area contributed by atoms with E-state index in [1.165, 1.54) is 58.0 Å². The molecule has 0 radical (unpaired) electrons. The van der Waals surface area contributed by atoms with E-state index in [2.05, 4.69) is 21.8 Å². The highest BCUT2D eigenvalue weighted by atomic mass is 16.5. The van der Waals surface area contributed by atoms with Crippen LogP contribution in [0.15, 0.2) is 0 Å². The Morgan fingerprint density at radius 2 is 1.94 bits per heavy atom. The van der Waals surface area contributed by atoms with Crippen LogP contribution < -0.4 is 15.4 Å². The van der Waals surface area contributed by atoms with Gasteiger partial charge in [-0.3, -0.25) is 9.69 Å². The summed E-state index contributed by atoms with van der Waals surface area (Å²) in [6.45, 7) is 5.96. The van der Waals surface area contributed by atoms with Gasteiger partial charge in [-0.1, -0.05) is 32.6 Å². The van der Waals surface area contributed by atoms with Gasteiger partial charge in [-0.15, -0.1) is 0 Å². The number of fused-ring (bicyclic) bond motifs is 1. The van der Waals surface area contributed by atoms with Crippen LogP contribution >= 0.6 is 0 Å². The van der Waals surface area contributed by atoms with Crippen molar-refractivity contribution >= 4 is 17.5 Å². The fraction of sp³-hybridized carbons (Fsp3) is 0.792. The van der Waals surface area contributed by atoms with Crippen LogP contribution in [-0.2, 0) is 11.2 Å². The summed E-state index contributed by atoms with van der Waals surface area (Å²) in [5.41, 5.74) is 6.86. The maximum absolute atomic E-state index is 12.6. The maximum Gasteiger partial charge on any atom is 0.320 e. The van der Waals surface area contributed by atoms with Crippen molar-refractivity contribution in [1.29, 1.82) is 0 Å². The highest BCUT2D eigenvalue weighted by molar-refractivity contribution is 6.01. The summed E-state index contributed by atoms with van der Waals surface area (Å²) in [5.74, 6) is 1.93. The molecule has 172 valence electrons. The Bertz CT molecular complexity index is 750. The quantitative estimate of drug-likeness (QED) is 0.567. The van der Waals surface area contributed by atoms with Crippen molar-refractivity contribution in [2.75, 3.05) is 36.9 Å². The van der Waals surface area contributed by atoms with E-state index in [0.717, 1.165) is 43.2 Å². The third-order valence-corrected chi connectivity index (χ3v) is 7.25. The first-order valence-corrected chi connectivity index (χ1v) is 12.5. The number of hydrogen-bond donors (Lipinski definition) is 1. The molecule has 1 amide bonds. The van der Waals surface area contributed by atoms with E-state index in [9.17, 15) is 4.79 Å². The molecule has 0 spiro atoms. The Balaban J connectivity index is 1.27. The number of aromatic nitrogens is 2. The molecule has 3 heterocycles. The number of nitrogens with zero attached hydrogens (tertiary/aromatic N) is 4. The van der Waals surface area contributed by atoms with Gasteiger partial charge in [0.05, 0.1) is 13.0 Å². The Morgan fingerprint density at radius 1 is 1.10 bits per heavy atom. The van der Waals surface area contributed by atoms with Gasteiger partial charge in [-0.05, 0) is 57.4 Å². The molecule has 3 aliphatic rings. The van der Waals surface area contributed by atoms with Gasteiger partial charge in [0.2, 0.25) is 5.91 Å². The molecule has 0 bridgehead atoms. The number of hydrogen-bond acceptors (Lipinski definition) is 6. The van der Waals surface area contributed by atoms with Crippen molar-refractivity contribution < 1.29 is 9.53 Å². The van der Waals surface area contributed by atoms with Crippen molar-refractivity contribution in [3.8, 4) is 6.01 Å². The van der Waals surface area contributed by atoms with Crippen LogP contribution in [0.2, 0.25) is 0 Å². The first-order chi connectivity index (χ1) is 15.2. The zero-order valence-corrected chi connectivity index (χ0v) is 19.2. The van der Waals surface area contributed by atoms with Gasteiger partial charge in [0.15, 0.2) is 0 Å². The van der Waals surface area contributed by atoms with E-state index in [1.54, 1.807) is 4.90 Å². The number of amides is 1. The van der Waals surface area contributed by atoms with Crippen molar-refractivity contribution in [1.82, 2.24) is 14.9 Å². The van der Waals surface area contributed by atoms with Crippen molar-refractivity contribution in [3.63, 3.8) is 0 Å². The summed E-state index contributed by atoms with van der Waals surface area (Å²) in [6, 6.07) is 1.14. The third kappa shape index (κ3) is 5.48. The molecule has 2 N–H and O–H groups in total. The molecule has 1 saturated carbocycles. The predicted molar refractivity (Wildman–Crippen MR) is 123 cm³/mol. The molecule has 1 aliphatic carbocycles. The van der Waals surface area contributed by atoms with E-state index in [1.807, 2.05) is 0 Å². The van der Waals surface area contributed by atoms with E-state index in [4.69, 9.17) is 10.5 Å². The first kappa shape index (κ1) is 22.3. The molecule has 1 aromatic heterocycles. The van der Waals surface area contributed by atoms with E-state index in [-0.39, 0.29) is 5.91 Å². The predicted octanol–water partition coefficient (Wildman–Crippen LogP) is 3.95. The van der Waals surface area contributed by atoms with Crippen LogP contribution in [0.1, 0.15) is 83.1 Å². The summed E-state index contributed by atoms with van der Waals surface area (Å²) in [6.07, 6.45) is 14.0. The molecule has 2 fully saturated rings. The molecule has 1 atom stereocenters. The largest absolute Gasteiger partial charge is 0.463 e. The number of piperidine rings is 1. The lowest BCUT2D eigenvalue weighted by Gasteiger charge is -2.37. The number of likely N-dealkylation sites (tertiary alicyclic amines) is 1. The van der Waals surface area contributed by atoms with Crippen LogP contribution in [0.25, 0.3) is 0 Å².